The van der Waals surface area contributed by atoms with Crippen LogP contribution < -0.4 is 15.8 Å². The van der Waals surface area contributed by atoms with Gasteiger partial charge in [-0.15, -0.1) is 0 Å². The minimum atomic E-state index is -0.476. The number of hydrogen-bond acceptors (Lipinski definition) is 6. The van der Waals surface area contributed by atoms with Crippen molar-refractivity contribution in [3.05, 3.63) is 59.9 Å². The van der Waals surface area contributed by atoms with Crippen LogP contribution in [-0.2, 0) is 9.59 Å². The van der Waals surface area contributed by atoms with E-state index in [1.807, 2.05) is 64.1 Å². The molecule has 2 aromatic rings. The monoisotopic (exact) mass is 531 g/mol. The molecule has 8 nitrogen and oxygen atoms in total. The lowest BCUT2D eigenvalue weighted by atomic mass is 9.86. The molecule has 2 amide bonds. The van der Waals surface area contributed by atoms with E-state index in [9.17, 15) is 9.59 Å². The van der Waals surface area contributed by atoms with Crippen molar-refractivity contribution in [2.45, 2.75) is 90.4 Å². The molecule has 1 aromatic carbocycles. The Morgan fingerprint density at radius 1 is 1.15 bits per heavy atom. The van der Waals surface area contributed by atoms with Crippen LogP contribution in [0.15, 0.2) is 53.8 Å². The maximum absolute atomic E-state index is 14.0. The number of hydrogen-bond donors (Lipinski definition) is 2. The highest BCUT2D eigenvalue weighted by Gasteiger charge is 2.67. The molecule has 0 bridgehead atoms. The van der Waals surface area contributed by atoms with Gasteiger partial charge in [0, 0.05) is 36.2 Å². The zero-order valence-corrected chi connectivity index (χ0v) is 23.9. The first-order valence-electron chi connectivity index (χ1n) is 14.1. The maximum atomic E-state index is 14.0. The average molecular weight is 532 g/mol. The number of carbonyl (C=O) groups is 2. The summed E-state index contributed by atoms with van der Waals surface area (Å²) < 4.78 is 6.17. The standard InChI is InChI=1S/C31H41N5O3/c1-7-31(8-2)17-23(37)36(28(32)35-31)26(19-12-11-15-33-18-19)24-25(30(24,5)6)27(38)34-21-16-29(3,4)39-22-14-10-9-13-20(21)22/h9-15,18,21,24-26H,7-8,16-17H2,1-6H3,(H2,32,35)(H,34,38)/t21-,24-,25-,26-/m0/s1. The Morgan fingerprint density at radius 2 is 1.87 bits per heavy atom. The molecule has 39 heavy (non-hydrogen) atoms. The highest BCUT2D eigenvalue weighted by atomic mass is 16.5. The number of fused-ring (bicyclic) bond motifs is 1. The number of guanidine groups is 1. The number of benzene rings is 1. The second kappa shape index (κ2) is 9.65. The smallest absolute Gasteiger partial charge is 0.232 e. The SMILES string of the molecule is CCC1(CC)CC(=O)N([C@@H](c2cccnc2)[C@@H]2[C@@H](C(=O)N[C@H]3CC(C)(C)Oc4ccccc43)C2(C)C)C(N)=N1. The summed E-state index contributed by atoms with van der Waals surface area (Å²) in [6.45, 7) is 12.4. The number of ether oxygens (including phenoxy) is 1. The van der Waals surface area contributed by atoms with Crippen LogP contribution in [0.3, 0.4) is 0 Å². The zero-order chi connectivity index (χ0) is 28.2. The maximum Gasteiger partial charge on any atom is 0.232 e. The fraction of sp³-hybridized carbons (Fsp3) is 0.548. The molecular formula is C31H41N5O3. The lowest BCUT2D eigenvalue weighted by molar-refractivity contribution is -0.132. The molecule has 5 rings (SSSR count). The van der Waals surface area contributed by atoms with E-state index in [0.29, 0.717) is 12.8 Å². The third-order valence-corrected chi connectivity index (χ3v) is 9.19. The quantitative estimate of drug-likeness (QED) is 0.527. The van der Waals surface area contributed by atoms with Gasteiger partial charge in [0.2, 0.25) is 11.8 Å². The second-order valence-corrected chi connectivity index (χ2v) is 12.6. The lowest BCUT2D eigenvalue weighted by Crippen LogP contribution is -2.53. The number of aromatic nitrogens is 1. The van der Waals surface area contributed by atoms with Gasteiger partial charge in [-0.1, -0.05) is 52.0 Å². The van der Waals surface area contributed by atoms with E-state index in [-0.39, 0.29) is 41.1 Å². The van der Waals surface area contributed by atoms with E-state index >= 15 is 0 Å². The summed E-state index contributed by atoms with van der Waals surface area (Å²) in [5.41, 5.74) is 7.16. The van der Waals surface area contributed by atoms with Gasteiger partial charge in [-0.2, -0.15) is 0 Å². The molecule has 3 aliphatic rings. The van der Waals surface area contributed by atoms with E-state index in [0.717, 1.165) is 29.7 Å². The van der Waals surface area contributed by atoms with Gasteiger partial charge in [0.25, 0.3) is 0 Å². The van der Waals surface area contributed by atoms with Crippen molar-refractivity contribution in [1.29, 1.82) is 0 Å². The van der Waals surface area contributed by atoms with Crippen LogP contribution in [0.5, 0.6) is 5.75 Å². The van der Waals surface area contributed by atoms with Crippen molar-refractivity contribution in [2.24, 2.45) is 28.0 Å². The van der Waals surface area contributed by atoms with Crippen LogP contribution >= 0.6 is 0 Å². The molecule has 1 aromatic heterocycles. The van der Waals surface area contributed by atoms with Gasteiger partial charge in [-0.25, -0.2) is 4.99 Å². The molecule has 8 heteroatoms. The fourth-order valence-electron chi connectivity index (χ4n) is 6.81. The van der Waals surface area contributed by atoms with Gasteiger partial charge in [0.05, 0.1) is 24.0 Å². The van der Waals surface area contributed by atoms with Crippen molar-refractivity contribution in [3.8, 4) is 5.75 Å². The lowest BCUT2D eigenvalue weighted by Gasteiger charge is -2.40. The summed E-state index contributed by atoms with van der Waals surface area (Å²) in [7, 11) is 0. The molecule has 0 unspecified atom stereocenters. The number of rotatable bonds is 7. The van der Waals surface area contributed by atoms with Crippen LogP contribution in [0.25, 0.3) is 0 Å². The summed E-state index contributed by atoms with van der Waals surface area (Å²) in [6, 6.07) is 11.1. The third kappa shape index (κ3) is 4.79. The molecule has 4 atom stereocenters. The molecule has 0 spiro atoms. The van der Waals surface area contributed by atoms with Gasteiger partial charge < -0.3 is 15.8 Å². The number of para-hydroxylation sites is 1. The summed E-state index contributed by atoms with van der Waals surface area (Å²) in [4.78, 5) is 38.5. The summed E-state index contributed by atoms with van der Waals surface area (Å²) in [5.74, 6) is 0.487. The summed E-state index contributed by atoms with van der Waals surface area (Å²) in [6.07, 6.45) is 5.93. The van der Waals surface area contributed by atoms with Crippen molar-refractivity contribution in [2.75, 3.05) is 0 Å². The number of nitrogens with two attached hydrogens (primary N) is 1. The molecule has 0 radical (unpaired) electrons. The van der Waals surface area contributed by atoms with Gasteiger partial charge in [0.1, 0.15) is 11.4 Å². The van der Waals surface area contributed by atoms with Gasteiger partial charge in [-0.05, 0) is 49.8 Å². The van der Waals surface area contributed by atoms with E-state index in [4.69, 9.17) is 15.5 Å². The number of amides is 2. The average Bonchev–Trinajstić information content (AvgIpc) is 3.46. The first-order valence-corrected chi connectivity index (χ1v) is 14.1. The van der Waals surface area contributed by atoms with Crippen LogP contribution in [0.2, 0.25) is 0 Å². The molecular weight excluding hydrogens is 490 g/mol. The van der Waals surface area contributed by atoms with Crippen LogP contribution in [-0.4, -0.2) is 38.8 Å². The van der Waals surface area contributed by atoms with Crippen molar-refractivity contribution in [1.82, 2.24) is 15.2 Å². The Hall–Kier alpha value is -3.42. The largest absolute Gasteiger partial charge is 0.487 e. The van der Waals surface area contributed by atoms with E-state index < -0.39 is 17.2 Å². The van der Waals surface area contributed by atoms with E-state index in [1.54, 1.807) is 17.3 Å². The van der Waals surface area contributed by atoms with Gasteiger partial charge in [-0.3, -0.25) is 19.5 Å². The molecule has 3 heterocycles. The predicted octanol–water partition coefficient (Wildman–Crippen LogP) is 4.92. The second-order valence-electron chi connectivity index (χ2n) is 12.6. The molecule has 1 saturated carbocycles. The predicted molar refractivity (Wildman–Crippen MR) is 151 cm³/mol. The highest BCUT2D eigenvalue weighted by molar-refractivity contribution is 6.00. The number of nitrogens with zero attached hydrogens (tertiary/aromatic N) is 3. The normalized spacial score (nSPS) is 27.0. The summed E-state index contributed by atoms with van der Waals surface area (Å²) in [5, 5.41) is 3.34. The first kappa shape index (κ1) is 27.2. The van der Waals surface area contributed by atoms with Crippen LogP contribution in [0.1, 0.15) is 90.4 Å². The van der Waals surface area contributed by atoms with E-state index in [1.165, 1.54) is 0 Å². The highest BCUT2D eigenvalue weighted by Crippen LogP contribution is 2.65. The molecule has 0 saturated heterocycles. The Morgan fingerprint density at radius 3 is 2.51 bits per heavy atom. The minimum absolute atomic E-state index is 0.0205. The van der Waals surface area contributed by atoms with Crippen molar-refractivity contribution in [3.63, 3.8) is 0 Å². The molecule has 2 aliphatic heterocycles. The first-order chi connectivity index (χ1) is 18.4. The van der Waals surface area contributed by atoms with Crippen molar-refractivity contribution < 1.29 is 14.3 Å². The zero-order valence-electron chi connectivity index (χ0n) is 23.9. The Kier molecular flexibility index (Phi) is 6.72. The van der Waals surface area contributed by atoms with Gasteiger partial charge >= 0.3 is 0 Å². The number of pyridine rings is 1. The minimum Gasteiger partial charge on any atom is -0.487 e. The summed E-state index contributed by atoms with van der Waals surface area (Å²) >= 11 is 0. The molecule has 1 fully saturated rings. The molecule has 208 valence electrons. The Labute approximate surface area is 231 Å². The molecule has 1 aliphatic carbocycles. The van der Waals surface area contributed by atoms with Gasteiger partial charge in [0.15, 0.2) is 5.96 Å². The molecule has 3 N–H and O–H groups in total. The number of aliphatic imine (C=N–C) groups is 1. The third-order valence-electron chi connectivity index (χ3n) is 9.19. The topological polar surface area (TPSA) is 110 Å². The van der Waals surface area contributed by atoms with Crippen molar-refractivity contribution >= 4 is 17.8 Å². The fourth-order valence-corrected chi connectivity index (χ4v) is 6.81. The van der Waals surface area contributed by atoms with Crippen LogP contribution in [0, 0.1) is 17.3 Å². The Bertz CT molecular complexity index is 1280. The number of nitrogens with one attached hydrogen (secondary N) is 1. The van der Waals surface area contributed by atoms with E-state index in [2.05, 4.69) is 24.1 Å². The Balaban J connectivity index is 1.47. The van der Waals surface area contributed by atoms with Crippen LogP contribution in [0.4, 0.5) is 0 Å². The number of carbonyl (C=O) groups excluding carboxylic acids is 2.